The van der Waals surface area contributed by atoms with Gasteiger partial charge in [0, 0.05) is 17.7 Å². The summed E-state index contributed by atoms with van der Waals surface area (Å²) in [5, 5.41) is 22.4. The van der Waals surface area contributed by atoms with Crippen molar-refractivity contribution in [3.8, 4) is 0 Å². The summed E-state index contributed by atoms with van der Waals surface area (Å²) in [6.45, 7) is 0. The second kappa shape index (κ2) is 10.3. The molecule has 0 atom stereocenters. The van der Waals surface area contributed by atoms with E-state index in [-0.39, 0.29) is 29.3 Å². The molecular weight excluding hydrogens is 436 g/mol. The van der Waals surface area contributed by atoms with Crippen LogP contribution < -0.4 is 21.7 Å². The van der Waals surface area contributed by atoms with Crippen molar-refractivity contribution in [2.24, 2.45) is 0 Å². The number of hydrazine groups is 2. The third kappa shape index (κ3) is 5.94. The summed E-state index contributed by atoms with van der Waals surface area (Å²) in [7, 11) is 0. The molecule has 33 heavy (non-hydrogen) atoms. The zero-order valence-electron chi connectivity index (χ0n) is 16.7. The normalized spacial score (nSPS) is 10.1. The number of hydrogen-bond donors (Lipinski definition) is 4. The smallest absolute Gasteiger partial charge is 0.276 e. The highest BCUT2D eigenvalue weighted by Gasteiger charge is 2.24. The van der Waals surface area contributed by atoms with Crippen LogP contribution >= 0.6 is 0 Å². The van der Waals surface area contributed by atoms with Crippen LogP contribution in [0.4, 0.5) is 23.0 Å². The SMILES string of the molecule is O=C(Cc1ccccc1)NNc1ncnc(NNC(=O)c2cccc([N+](=O)[O-])c2)c1[N+](=O)[O-]. The van der Waals surface area contributed by atoms with Gasteiger partial charge in [0.25, 0.3) is 11.6 Å². The Morgan fingerprint density at radius 1 is 0.848 bits per heavy atom. The van der Waals surface area contributed by atoms with Crippen LogP contribution in [0.5, 0.6) is 0 Å². The van der Waals surface area contributed by atoms with Gasteiger partial charge >= 0.3 is 5.69 Å². The molecule has 0 aliphatic rings. The van der Waals surface area contributed by atoms with E-state index in [1.54, 1.807) is 30.3 Å². The average molecular weight is 452 g/mol. The van der Waals surface area contributed by atoms with E-state index in [0.29, 0.717) is 0 Å². The van der Waals surface area contributed by atoms with Gasteiger partial charge in [0.2, 0.25) is 17.5 Å². The highest BCUT2D eigenvalue weighted by atomic mass is 16.6. The molecule has 0 radical (unpaired) electrons. The minimum absolute atomic E-state index is 0.0249. The number of benzene rings is 2. The predicted octanol–water partition coefficient (Wildman–Crippen LogP) is 1.74. The lowest BCUT2D eigenvalue weighted by molar-refractivity contribution is -0.384. The van der Waals surface area contributed by atoms with E-state index in [2.05, 4.69) is 31.7 Å². The van der Waals surface area contributed by atoms with Crippen LogP contribution in [0.25, 0.3) is 0 Å². The summed E-state index contributed by atoms with van der Waals surface area (Å²) < 4.78 is 0. The standard InChI is InChI=1S/C19H16N8O6/c28-15(9-12-5-2-1-3-6-12)22-23-17-16(27(32)33)18(21-11-20-17)24-25-19(29)13-7-4-8-14(10-13)26(30)31/h1-8,10-11H,9H2,(H,22,28)(H,25,29)(H2,20,21,23,24). The Kier molecular flexibility index (Phi) is 7.00. The van der Waals surface area contributed by atoms with Gasteiger partial charge in [-0.1, -0.05) is 36.4 Å². The fourth-order valence-corrected chi connectivity index (χ4v) is 2.64. The van der Waals surface area contributed by atoms with E-state index in [4.69, 9.17) is 0 Å². The predicted molar refractivity (Wildman–Crippen MR) is 115 cm³/mol. The Hall–Kier alpha value is -5.14. The number of aromatic nitrogens is 2. The van der Waals surface area contributed by atoms with E-state index in [1.165, 1.54) is 18.2 Å². The van der Waals surface area contributed by atoms with E-state index < -0.39 is 27.3 Å². The largest absolute Gasteiger partial charge is 0.356 e. The highest BCUT2D eigenvalue weighted by molar-refractivity contribution is 5.95. The molecule has 0 bridgehead atoms. The summed E-state index contributed by atoms with van der Waals surface area (Å²) >= 11 is 0. The molecule has 1 aromatic heterocycles. The number of nitrogens with zero attached hydrogens (tertiary/aromatic N) is 4. The molecule has 14 nitrogen and oxygen atoms in total. The lowest BCUT2D eigenvalue weighted by Gasteiger charge is -2.11. The Labute approximate surface area is 185 Å². The summed E-state index contributed by atoms with van der Waals surface area (Å²) in [6.07, 6.45) is 0.998. The van der Waals surface area contributed by atoms with Crippen LogP contribution in [0.3, 0.4) is 0 Å². The summed E-state index contributed by atoms with van der Waals surface area (Å²) in [5.41, 5.74) is 8.89. The summed E-state index contributed by atoms with van der Waals surface area (Å²) in [5.74, 6) is -1.98. The maximum absolute atomic E-state index is 12.3. The van der Waals surface area contributed by atoms with Gasteiger partial charge < -0.3 is 0 Å². The van der Waals surface area contributed by atoms with Crippen molar-refractivity contribution in [3.05, 3.63) is 92.3 Å². The van der Waals surface area contributed by atoms with Gasteiger partial charge in [0.15, 0.2) is 0 Å². The molecule has 3 aromatic rings. The number of nitro benzene ring substituents is 1. The number of amides is 2. The molecule has 0 aliphatic carbocycles. The molecule has 0 unspecified atom stereocenters. The van der Waals surface area contributed by atoms with E-state index in [1.807, 2.05) is 0 Å². The van der Waals surface area contributed by atoms with Crippen LogP contribution in [0.1, 0.15) is 15.9 Å². The van der Waals surface area contributed by atoms with Crippen molar-refractivity contribution in [1.82, 2.24) is 20.8 Å². The van der Waals surface area contributed by atoms with Crippen LogP contribution in [-0.2, 0) is 11.2 Å². The van der Waals surface area contributed by atoms with Crippen molar-refractivity contribution < 1.29 is 19.4 Å². The van der Waals surface area contributed by atoms with Gasteiger partial charge in [-0.05, 0) is 11.6 Å². The first-order valence-corrected chi connectivity index (χ1v) is 9.24. The van der Waals surface area contributed by atoms with Crippen molar-refractivity contribution in [2.45, 2.75) is 6.42 Å². The minimum atomic E-state index is -0.812. The number of non-ortho nitro benzene ring substituents is 1. The van der Waals surface area contributed by atoms with Crippen molar-refractivity contribution >= 4 is 34.8 Å². The van der Waals surface area contributed by atoms with Crippen molar-refractivity contribution in [1.29, 1.82) is 0 Å². The topological polar surface area (TPSA) is 194 Å². The van der Waals surface area contributed by atoms with Gasteiger partial charge in [-0.2, -0.15) is 0 Å². The molecule has 0 fully saturated rings. The van der Waals surface area contributed by atoms with Gasteiger partial charge in [0.05, 0.1) is 16.3 Å². The number of rotatable bonds is 9. The third-order valence-electron chi connectivity index (χ3n) is 4.15. The quantitative estimate of drug-likeness (QED) is 0.274. The maximum Gasteiger partial charge on any atom is 0.356 e. The molecule has 3 rings (SSSR count). The molecule has 4 N–H and O–H groups in total. The Bertz CT molecular complexity index is 1200. The first-order valence-electron chi connectivity index (χ1n) is 9.24. The Balaban J connectivity index is 1.69. The van der Waals surface area contributed by atoms with Gasteiger partial charge in [-0.25, -0.2) is 9.97 Å². The molecule has 0 saturated heterocycles. The fraction of sp³-hybridized carbons (Fsp3) is 0.0526. The Morgan fingerprint density at radius 3 is 2.15 bits per heavy atom. The van der Waals surface area contributed by atoms with Crippen LogP contribution in [-0.4, -0.2) is 31.6 Å². The van der Waals surface area contributed by atoms with Crippen LogP contribution in [0, 0.1) is 20.2 Å². The zero-order chi connectivity index (χ0) is 23.8. The molecule has 14 heteroatoms. The second-order valence-corrected chi connectivity index (χ2v) is 6.40. The first-order chi connectivity index (χ1) is 15.8. The number of hydrogen-bond acceptors (Lipinski definition) is 10. The van der Waals surface area contributed by atoms with Gasteiger partial charge in [-0.3, -0.25) is 51.5 Å². The molecule has 0 aliphatic heterocycles. The number of anilines is 2. The molecule has 0 saturated carbocycles. The van der Waals surface area contributed by atoms with Crippen LogP contribution in [0.2, 0.25) is 0 Å². The van der Waals surface area contributed by atoms with Gasteiger partial charge in [0.1, 0.15) is 6.33 Å². The average Bonchev–Trinajstić information content (AvgIpc) is 2.81. The van der Waals surface area contributed by atoms with E-state index in [9.17, 15) is 29.8 Å². The molecule has 168 valence electrons. The van der Waals surface area contributed by atoms with E-state index >= 15 is 0 Å². The lowest BCUT2D eigenvalue weighted by atomic mass is 10.1. The molecule has 2 aromatic carbocycles. The highest BCUT2D eigenvalue weighted by Crippen LogP contribution is 2.27. The maximum atomic E-state index is 12.3. The number of nitrogens with one attached hydrogen (secondary N) is 4. The molecular formula is C19H16N8O6. The zero-order valence-corrected chi connectivity index (χ0v) is 16.7. The second-order valence-electron chi connectivity index (χ2n) is 6.40. The van der Waals surface area contributed by atoms with E-state index in [0.717, 1.165) is 18.0 Å². The monoisotopic (exact) mass is 452 g/mol. The minimum Gasteiger partial charge on any atom is -0.276 e. The van der Waals surface area contributed by atoms with Crippen LogP contribution in [0.15, 0.2) is 60.9 Å². The van der Waals surface area contributed by atoms with Crippen molar-refractivity contribution in [3.63, 3.8) is 0 Å². The number of nitro groups is 2. The summed E-state index contributed by atoms with van der Waals surface area (Å²) in [6, 6.07) is 13.7. The fourth-order valence-electron chi connectivity index (χ4n) is 2.64. The Morgan fingerprint density at radius 2 is 1.52 bits per heavy atom. The van der Waals surface area contributed by atoms with Crippen molar-refractivity contribution in [2.75, 3.05) is 10.9 Å². The molecule has 0 spiro atoms. The summed E-state index contributed by atoms with van der Waals surface area (Å²) in [4.78, 5) is 52.8. The number of carbonyl (C=O) groups excluding carboxylic acids is 2. The number of carbonyl (C=O) groups is 2. The molecule has 2 amide bonds. The first kappa shape index (κ1) is 22.5. The molecule has 1 heterocycles. The lowest BCUT2D eigenvalue weighted by Crippen LogP contribution is -2.33. The third-order valence-corrected chi connectivity index (χ3v) is 4.15. The van der Waals surface area contributed by atoms with Gasteiger partial charge in [-0.15, -0.1) is 0 Å².